The summed E-state index contributed by atoms with van der Waals surface area (Å²) in [4.78, 5) is 17.3. The van der Waals surface area contributed by atoms with E-state index in [9.17, 15) is 4.79 Å². The smallest absolute Gasteiger partial charge is 0.277 e. The Bertz CT molecular complexity index is 1150. The summed E-state index contributed by atoms with van der Waals surface area (Å²) in [6, 6.07) is 22.1. The molecule has 5 nitrogen and oxygen atoms in total. The average molecular weight is 452 g/mol. The van der Waals surface area contributed by atoms with Crippen molar-refractivity contribution in [2.24, 2.45) is 0 Å². The van der Waals surface area contributed by atoms with E-state index in [2.05, 4.69) is 28.4 Å². The Labute approximate surface area is 186 Å². The van der Waals surface area contributed by atoms with Gasteiger partial charge in [-0.1, -0.05) is 60.3 Å². The Morgan fingerprint density at radius 1 is 1.07 bits per heavy atom. The summed E-state index contributed by atoms with van der Waals surface area (Å²) in [5, 5.41) is 10.6. The molecule has 1 aliphatic heterocycles. The van der Waals surface area contributed by atoms with Crippen LogP contribution in [0, 0.1) is 0 Å². The van der Waals surface area contributed by atoms with Crippen molar-refractivity contribution in [2.75, 3.05) is 16.4 Å². The molecule has 0 bridgehead atoms. The molecule has 1 amide bonds. The van der Waals surface area contributed by atoms with Gasteiger partial charge < -0.3 is 9.32 Å². The SMILES string of the molecule is O=C(CSc1nnc(-c2cccs2)o1)N1c2ccccc2SC[C@@H]1c1ccccc1. The van der Waals surface area contributed by atoms with Crippen molar-refractivity contribution in [3.63, 3.8) is 0 Å². The van der Waals surface area contributed by atoms with E-state index in [4.69, 9.17) is 4.42 Å². The van der Waals surface area contributed by atoms with E-state index < -0.39 is 0 Å². The van der Waals surface area contributed by atoms with Gasteiger partial charge in [0, 0.05) is 10.6 Å². The summed E-state index contributed by atoms with van der Waals surface area (Å²) >= 11 is 4.61. The van der Waals surface area contributed by atoms with Gasteiger partial charge in [0.25, 0.3) is 11.1 Å². The number of hydrogen-bond donors (Lipinski definition) is 0. The molecule has 0 saturated heterocycles. The molecular formula is C22H17N3O2S3. The number of nitrogens with zero attached hydrogens (tertiary/aromatic N) is 3. The fraction of sp³-hybridized carbons (Fsp3) is 0.136. The minimum absolute atomic E-state index is 0.0106. The molecule has 0 unspecified atom stereocenters. The number of thiophene rings is 1. The zero-order valence-electron chi connectivity index (χ0n) is 15.8. The lowest BCUT2D eigenvalue weighted by atomic mass is 10.1. The molecule has 5 rings (SSSR count). The predicted octanol–water partition coefficient (Wildman–Crippen LogP) is 5.77. The van der Waals surface area contributed by atoms with Crippen molar-refractivity contribution in [3.05, 3.63) is 77.7 Å². The van der Waals surface area contributed by atoms with Crippen LogP contribution in [0.4, 0.5) is 5.69 Å². The molecule has 8 heteroatoms. The quantitative estimate of drug-likeness (QED) is 0.359. The largest absolute Gasteiger partial charge is 0.410 e. The molecule has 0 aliphatic carbocycles. The number of carbonyl (C=O) groups excluding carboxylic acids is 1. The lowest BCUT2D eigenvalue weighted by molar-refractivity contribution is -0.116. The van der Waals surface area contributed by atoms with Crippen LogP contribution in [0.2, 0.25) is 0 Å². The van der Waals surface area contributed by atoms with Crippen molar-refractivity contribution >= 4 is 46.5 Å². The number of rotatable bonds is 5. The number of aromatic nitrogens is 2. The minimum atomic E-state index is -0.0106. The van der Waals surface area contributed by atoms with E-state index in [1.54, 1.807) is 23.1 Å². The van der Waals surface area contributed by atoms with Crippen LogP contribution in [0.1, 0.15) is 11.6 Å². The molecule has 150 valence electrons. The van der Waals surface area contributed by atoms with Crippen molar-refractivity contribution < 1.29 is 9.21 Å². The highest BCUT2D eigenvalue weighted by Gasteiger charge is 2.32. The number of benzene rings is 2. The fourth-order valence-corrected chi connectivity index (χ4v) is 5.81. The van der Waals surface area contributed by atoms with Crippen molar-refractivity contribution in [1.82, 2.24) is 10.2 Å². The molecule has 2 aromatic carbocycles. The topological polar surface area (TPSA) is 59.2 Å². The average Bonchev–Trinajstić information content (AvgIpc) is 3.49. The summed E-state index contributed by atoms with van der Waals surface area (Å²) in [6.45, 7) is 0. The van der Waals surface area contributed by atoms with E-state index in [1.807, 2.05) is 58.8 Å². The van der Waals surface area contributed by atoms with E-state index in [0.717, 1.165) is 26.8 Å². The Kier molecular flexibility index (Phi) is 5.61. The molecule has 1 atom stereocenters. The molecule has 0 spiro atoms. The lowest BCUT2D eigenvalue weighted by Crippen LogP contribution is -2.39. The first-order valence-corrected chi connectivity index (χ1v) is 12.2. The number of anilines is 1. The molecular weight excluding hydrogens is 434 g/mol. The molecule has 4 aromatic rings. The van der Waals surface area contributed by atoms with Gasteiger partial charge in [0.1, 0.15) is 0 Å². The third-order valence-corrected chi connectivity index (χ3v) is 7.54. The molecule has 0 saturated carbocycles. The maximum atomic E-state index is 13.4. The van der Waals surface area contributed by atoms with Gasteiger partial charge in [-0.25, -0.2) is 0 Å². The second-order valence-corrected chi connectivity index (χ2v) is 9.54. The normalized spacial score (nSPS) is 15.7. The maximum Gasteiger partial charge on any atom is 0.277 e. The molecule has 30 heavy (non-hydrogen) atoms. The third-order valence-electron chi connectivity index (χ3n) is 4.74. The third kappa shape index (κ3) is 3.90. The van der Waals surface area contributed by atoms with Crippen LogP contribution in [0.15, 0.2) is 86.6 Å². The van der Waals surface area contributed by atoms with Crippen LogP contribution in [-0.4, -0.2) is 27.6 Å². The zero-order valence-corrected chi connectivity index (χ0v) is 18.3. The molecule has 1 aliphatic rings. The van der Waals surface area contributed by atoms with Gasteiger partial charge >= 0.3 is 0 Å². The van der Waals surface area contributed by atoms with Crippen LogP contribution in [0.25, 0.3) is 10.8 Å². The van der Waals surface area contributed by atoms with E-state index in [0.29, 0.717) is 11.1 Å². The number of thioether (sulfide) groups is 2. The van der Waals surface area contributed by atoms with Crippen molar-refractivity contribution in [2.45, 2.75) is 16.2 Å². The standard InChI is InChI=1S/C22H17N3O2S3/c26-20(14-30-22-24-23-21(27-22)19-11-6-12-28-19)25-16-9-4-5-10-18(16)29-13-17(25)15-7-2-1-3-8-15/h1-12,17H,13-14H2/t17-/m1/s1. The van der Waals surface area contributed by atoms with Gasteiger partial charge in [0.15, 0.2) is 0 Å². The lowest BCUT2D eigenvalue weighted by Gasteiger charge is -2.37. The first-order valence-electron chi connectivity index (χ1n) is 9.38. The van der Waals surface area contributed by atoms with Crippen LogP contribution in [-0.2, 0) is 4.79 Å². The molecule has 0 N–H and O–H groups in total. The number of amides is 1. The number of fused-ring (bicyclic) bond motifs is 1. The summed E-state index contributed by atoms with van der Waals surface area (Å²) < 4.78 is 5.72. The first kappa shape index (κ1) is 19.4. The highest BCUT2D eigenvalue weighted by atomic mass is 32.2. The monoisotopic (exact) mass is 451 g/mol. The summed E-state index contributed by atoms with van der Waals surface area (Å²) in [5.41, 5.74) is 2.09. The second-order valence-electron chi connectivity index (χ2n) is 6.61. The summed E-state index contributed by atoms with van der Waals surface area (Å²) in [6.07, 6.45) is 0. The first-order chi connectivity index (χ1) is 14.8. The Morgan fingerprint density at radius 3 is 2.73 bits per heavy atom. The summed E-state index contributed by atoms with van der Waals surface area (Å²) in [7, 11) is 0. The Morgan fingerprint density at radius 2 is 1.90 bits per heavy atom. The van der Waals surface area contributed by atoms with Crippen LogP contribution in [0.5, 0.6) is 0 Å². The van der Waals surface area contributed by atoms with Gasteiger partial charge in [0.2, 0.25) is 5.91 Å². The second kappa shape index (κ2) is 8.67. The van der Waals surface area contributed by atoms with E-state index in [-0.39, 0.29) is 17.7 Å². The van der Waals surface area contributed by atoms with Crippen LogP contribution in [0.3, 0.4) is 0 Å². The van der Waals surface area contributed by atoms with Gasteiger partial charge in [-0.2, -0.15) is 0 Å². The maximum absolute atomic E-state index is 13.4. The van der Waals surface area contributed by atoms with Crippen molar-refractivity contribution in [3.8, 4) is 10.8 Å². The van der Waals surface area contributed by atoms with Gasteiger partial charge in [-0.3, -0.25) is 4.79 Å². The number of carbonyl (C=O) groups is 1. The van der Waals surface area contributed by atoms with E-state index in [1.165, 1.54) is 11.8 Å². The molecule has 3 heterocycles. The van der Waals surface area contributed by atoms with Crippen LogP contribution >= 0.6 is 34.9 Å². The Hall–Kier alpha value is -2.55. The summed E-state index contributed by atoms with van der Waals surface area (Å²) in [5.74, 6) is 1.56. The number of para-hydroxylation sites is 1. The Balaban J connectivity index is 1.38. The number of hydrogen-bond acceptors (Lipinski definition) is 7. The van der Waals surface area contributed by atoms with E-state index >= 15 is 0 Å². The minimum Gasteiger partial charge on any atom is -0.410 e. The van der Waals surface area contributed by atoms with Crippen molar-refractivity contribution in [1.29, 1.82) is 0 Å². The molecule has 2 aromatic heterocycles. The highest BCUT2D eigenvalue weighted by Crippen LogP contribution is 2.43. The van der Waals surface area contributed by atoms with Crippen LogP contribution < -0.4 is 4.90 Å². The van der Waals surface area contributed by atoms with Gasteiger partial charge in [0.05, 0.1) is 22.4 Å². The highest BCUT2D eigenvalue weighted by molar-refractivity contribution is 8.00. The van der Waals surface area contributed by atoms with Gasteiger partial charge in [-0.15, -0.1) is 33.3 Å². The molecule has 0 radical (unpaired) electrons. The zero-order chi connectivity index (χ0) is 20.3. The van der Waals surface area contributed by atoms with Gasteiger partial charge in [-0.05, 0) is 29.1 Å². The molecule has 0 fully saturated rings. The fourth-order valence-electron chi connectivity index (χ4n) is 3.38. The predicted molar refractivity (Wildman–Crippen MR) is 122 cm³/mol.